The van der Waals surface area contributed by atoms with Crippen molar-refractivity contribution in [1.82, 2.24) is 0 Å². The summed E-state index contributed by atoms with van der Waals surface area (Å²) in [4.78, 5) is 10.1. The maximum absolute atomic E-state index is 10.1. The van der Waals surface area contributed by atoms with Crippen molar-refractivity contribution in [3.63, 3.8) is 0 Å². The summed E-state index contributed by atoms with van der Waals surface area (Å²) in [6.45, 7) is 1.93. The van der Waals surface area contributed by atoms with Crippen LogP contribution in [0.2, 0.25) is 0 Å². The first kappa shape index (κ1) is 11.0. The number of carbonyl (C=O) groups is 1. The molecule has 0 fully saturated rings. The highest BCUT2D eigenvalue weighted by molar-refractivity contribution is 14.1. The third-order valence-electron chi connectivity index (χ3n) is 1.38. The largest absolute Gasteiger partial charge is 0.506 e. The molecule has 0 aromatic carbocycles. The van der Waals surface area contributed by atoms with E-state index in [1.807, 2.05) is 6.92 Å². The molecule has 0 saturated heterocycles. The van der Waals surface area contributed by atoms with E-state index in [4.69, 9.17) is 5.11 Å². The first-order chi connectivity index (χ1) is 5.20. The van der Waals surface area contributed by atoms with Crippen molar-refractivity contribution in [2.75, 3.05) is 4.43 Å². The Kier molecular flexibility index (Phi) is 6.69. The van der Waals surface area contributed by atoms with Crippen LogP contribution < -0.4 is 0 Å². The highest BCUT2D eigenvalue weighted by atomic mass is 127. The molecule has 4 heteroatoms. The molecule has 0 amide bonds. The molecule has 0 aromatic heterocycles. The van der Waals surface area contributed by atoms with Crippen LogP contribution >= 0.6 is 22.6 Å². The van der Waals surface area contributed by atoms with Gasteiger partial charge in [0.15, 0.2) is 0 Å². The van der Waals surface area contributed by atoms with Gasteiger partial charge in [-0.1, -0.05) is 29.5 Å². The van der Waals surface area contributed by atoms with Crippen molar-refractivity contribution in [3.05, 3.63) is 0 Å². The smallest absolute Gasteiger partial charge is 0.450 e. The molecule has 1 N–H and O–H groups in total. The number of halogens is 1. The first-order valence-electron chi connectivity index (χ1n) is 3.66. The second-order valence-corrected chi connectivity index (χ2v) is 3.32. The molecule has 3 nitrogen and oxygen atoms in total. The topological polar surface area (TPSA) is 46.5 Å². The summed E-state index contributed by atoms with van der Waals surface area (Å²) in [6, 6.07) is 0. The van der Waals surface area contributed by atoms with E-state index in [9.17, 15) is 4.79 Å². The van der Waals surface area contributed by atoms with Crippen LogP contribution in [0.4, 0.5) is 4.79 Å². The van der Waals surface area contributed by atoms with Crippen LogP contribution in [-0.4, -0.2) is 21.8 Å². The lowest BCUT2D eigenvalue weighted by molar-refractivity contribution is 0.0465. The van der Waals surface area contributed by atoms with Gasteiger partial charge in [0.05, 0.1) is 0 Å². The van der Waals surface area contributed by atoms with Crippen LogP contribution in [0.5, 0.6) is 0 Å². The maximum Gasteiger partial charge on any atom is 0.506 e. The van der Waals surface area contributed by atoms with E-state index in [0.717, 1.165) is 23.7 Å². The van der Waals surface area contributed by atoms with Crippen LogP contribution in [0.1, 0.15) is 26.2 Å². The Morgan fingerprint density at radius 2 is 2.36 bits per heavy atom. The summed E-state index contributed by atoms with van der Waals surface area (Å²) < 4.78 is 5.67. The summed E-state index contributed by atoms with van der Waals surface area (Å²) >= 11 is 2.27. The van der Waals surface area contributed by atoms with Gasteiger partial charge in [0.1, 0.15) is 6.10 Å². The quantitative estimate of drug-likeness (QED) is 0.475. The number of carboxylic acid groups (broad SMARTS) is 1. The first-order valence-corrected chi connectivity index (χ1v) is 5.18. The van der Waals surface area contributed by atoms with E-state index in [-0.39, 0.29) is 6.10 Å². The molecule has 0 spiro atoms. The number of hydrogen-bond acceptors (Lipinski definition) is 2. The van der Waals surface area contributed by atoms with E-state index < -0.39 is 6.16 Å². The van der Waals surface area contributed by atoms with Crippen LogP contribution in [0.3, 0.4) is 0 Å². The van der Waals surface area contributed by atoms with Crippen LogP contribution in [0, 0.1) is 0 Å². The van der Waals surface area contributed by atoms with Gasteiger partial charge in [-0.25, -0.2) is 4.79 Å². The van der Waals surface area contributed by atoms with Gasteiger partial charge in [-0.2, -0.15) is 0 Å². The standard InChI is InChI=1S/C7H13IO3/c1-2-6(4-3-5-8)11-7(9)10/h6H,2-5H2,1H3,(H,9,10). The van der Waals surface area contributed by atoms with Gasteiger partial charge < -0.3 is 9.84 Å². The van der Waals surface area contributed by atoms with E-state index in [0.29, 0.717) is 0 Å². The summed E-state index contributed by atoms with van der Waals surface area (Å²) in [5.74, 6) is 0. The molecule has 0 aliphatic rings. The summed E-state index contributed by atoms with van der Waals surface area (Å²) in [5.41, 5.74) is 0. The average Bonchev–Trinajstić information content (AvgIpc) is 1.97. The molecule has 1 atom stereocenters. The number of hydrogen-bond donors (Lipinski definition) is 1. The predicted molar refractivity (Wildman–Crippen MR) is 51.3 cm³/mol. The Labute approximate surface area is 80.3 Å². The van der Waals surface area contributed by atoms with E-state index in [2.05, 4.69) is 27.3 Å². The van der Waals surface area contributed by atoms with Gasteiger partial charge in [-0.15, -0.1) is 0 Å². The van der Waals surface area contributed by atoms with Gasteiger partial charge >= 0.3 is 6.16 Å². The molecule has 0 heterocycles. The van der Waals surface area contributed by atoms with Gasteiger partial charge in [-0.3, -0.25) is 0 Å². The van der Waals surface area contributed by atoms with E-state index >= 15 is 0 Å². The van der Waals surface area contributed by atoms with Crippen molar-refractivity contribution in [3.8, 4) is 0 Å². The molecule has 0 saturated carbocycles. The molecule has 0 aromatic rings. The van der Waals surface area contributed by atoms with Gasteiger partial charge in [0, 0.05) is 0 Å². The minimum absolute atomic E-state index is 0.109. The Morgan fingerprint density at radius 1 is 1.73 bits per heavy atom. The molecule has 1 unspecified atom stereocenters. The van der Waals surface area contributed by atoms with Gasteiger partial charge in [0.2, 0.25) is 0 Å². The minimum Gasteiger partial charge on any atom is -0.450 e. The molecule has 0 aliphatic heterocycles. The fraction of sp³-hybridized carbons (Fsp3) is 0.857. The van der Waals surface area contributed by atoms with Crippen LogP contribution in [0.25, 0.3) is 0 Å². The maximum atomic E-state index is 10.1. The zero-order valence-corrected chi connectivity index (χ0v) is 8.70. The van der Waals surface area contributed by atoms with Crippen molar-refractivity contribution < 1.29 is 14.6 Å². The van der Waals surface area contributed by atoms with Crippen molar-refractivity contribution in [1.29, 1.82) is 0 Å². The second-order valence-electron chi connectivity index (χ2n) is 2.25. The van der Waals surface area contributed by atoms with Crippen LogP contribution in [0.15, 0.2) is 0 Å². The molecular formula is C7H13IO3. The van der Waals surface area contributed by atoms with Gasteiger partial charge in [0.25, 0.3) is 0 Å². The lowest BCUT2D eigenvalue weighted by atomic mass is 10.2. The zero-order valence-electron chi connectivity index (χ0n) is 6.55. The Morgan fingerprint density at radius 3 is 2.73 bits per heavy atom. The van der Waals surface area contributed by atoms with Crippen molar-refractivity contribution >= 4 is 28.7 Å². The lowest BCUT2D eigenvalue weighted by Crippen LogP contribution is -2.15. The molecule has 66 valence electrons. The van der Waals surface area contributed by atoms with Crippen molar-refractivity contribution in [2.24, 2.45) is 0 Å². The van der Waals surface area contributed by atoms with Crippen LogP contribution in [-0.2, 0) is 4.74 Å². The zero-order chi connectivity index (χ0) is 8.69. The molecule has 0 aliphatic carbocycles. The van der Waals surface area contributed by atoms with Crippen molar-refractivity contribution in [2.45, 2.75) is 32.3 Å². The number of alkyl halides is 1. The second kappa shape index (κ2) is 6.69. The molecule has 0 rings (SSSR count). The molecular weight excluding hydrogens is 259 g/mol. The predicted octanol–water partition coefficient (Wildman–Crippen LogP) is 2.67. The monoisotopic (exact) mass is 272 g/mol. The normalized spacial score (nSPS) is 12.5. The highest BCUT2D eigenvalue weighted by Gasteiger charge is 2.09. The van der Waals surface area contributed by atoms with Gasteiger partial charge in [-0.05, 0) is 23.7 Å². The number of rotatable bonds is 5. The Bertz CT molecular complexity index is 116. The Balaban J connectivity index is 3.49. The minimum atomic E-state index is -1.16. The highest BCUT2D eigenvalue weighted by Crippen LogP contribution is 2.07. The molecule has 0 radical (unpaired) electrons. The average molecular weight is 272 g/mol. The fourth-order valence-electron chi connectivity index (χ4n) is 0.794. The lowest BCUT2D eigenvalue weighted by Gasteiger charge is -2.12. The fourth-order valence-corrected chi connectivity index (χ4v) is 1.23. The van der Waals surface area contributed by atoms with E-state index in [1.165, 1.54) is 0 Å². The Hall–Kier alpha value is 0. The third-order valence-corrected chi connectivity index (χ3v) is 2.15. The summed E-state index contributed by atoms with van der Waals surface area (Å²) in [6.07, 6.45) is 1.36. The third kappa shape index (κ3) is 6.40. The summed E-state index contributed by atoms with van der Waals surface area (Å²) in [7, 11) is 0. The SMILES string of the molecule is CCC(CCCI)OC(=O)O. The molecule has 0 bridgehead atoms. The molecule has 11 heavy (non-hydrogen) atoms. The van der Waals surface area contributed by atoms with E-state index in [1.54, 1.807) is 0 Å². The number of ether oxygens (including phenoxy) is 1. The summed E-state index contributed by atoms with van der Waals surface area (Å²) in [5, 5.41) is 8.29.